The minimum absolute atomic E-state index is 0.0107. The molecule has 0 saturated carbocycles. The van der Waals surface area contributed by atoms with Gasteiger partial charge in [0, 0.05) is 17.7 Å². The number of halogens is 1. The third-order valence-electron chi connectivity index (χ3n) is 4.43. The Kier molecular flexibility index (Phi) is 5.97. The maximum absolute atomic E-state index is 12.4. The second-order valence-corrected chi connectivity index (χ2v) is 8.54. The van der Waals surface area contributed by atoms with Crippen molar-refractivity contribution in [3.63, 3.8) is 0 Å². The first-order valence-electron chi connectivity index (χ1n) is 9.00. The number of nitrogens with zero attached hydrogens (tertiary/aromatic N) is 2. The first kappa shape index (κ1) is 21.6. The number of ether oxygens (including phenoxy) is 2. The van der Waals surface area contributed by atoms with Crippen LogP contribution in [0.25, 0.3) is 0 Å². The van der Waals surface area contributed by atoms with E-state index < -0.39 is 16.9 Å². The Balaban J connectivity index is 1.70. The molecule has 2 aromatic rings. The summed E-state index contributed by atoms with van der Waals surface area (Å²) in [7, 11) is 0. The van der Waals surface area contributed by atoms with Gasteiger partial charge in [-0.1, -0.05) is 26.8 Å². The molecule has 158 valence electrons. The van der Waals surface area contributed by atoms with Crippen molar-refractivity contribution >= 4 is 33.7 Å². The Bertz CT molecular complexity index is 1030. The van der Waals surface area contributed by atoms with Gasteiger partial charge in [0.25, 0.3) is 11.6 Å². The van der Waals surface area contributed by atoms with E-state index in [0.717, 1.165) is 17.8 Å². The Morgan fingerprint density at radius 3 is 2.73 bits per heavy atom. The number of benzene rings is 2. The zero-order valence-electron chi connectivity index (χ0n) is 16.5. The van der Waals surface area contributed by atoms with Gasteiger partial charge >= 0.3 is 0 Å². The summed E-state index contributed by atoms with van der Waals surface area (Å²) < 4.78 is 11.5. The van der Waals surface area contributed by atoms with E-state index >= 15 is 0 Å². The quantitative estimate of drug-likeness (QED) is 0.393. The SMILES string of the molecule is CC(C)(C)c1ccc2c(c1)O[C@H](C(=O)N/N=C/c1cc([N+](=O)[O-])cc(Br)c1O)CO2. The van der Waals surface area contributed by atoms with Crippen molar-refractivity contribution in [1.82, 2.24) is 5.43 Å². The number of carbonyl (C=O) groups excluding carboxylic acids is 1. The summed E-state index contributed by atoms with van der Waals surface area (Å²) in [6.07, 6.45) is 0.190. The van der Waals surface area contributed by atoms with Crippen LogP contribution in [0, 0.1) is 10.1 Å². The highest BCUT2D eigenvalue weighted by Gasteiger charge is 2.28. The van der Waals surface area contributed by atoms with Gasteiger partial charge in [-0.3, -0.25) is 14.9 Å². The van der Waals surface area contributed by atoms with Crippen molar-refractivity contribution in [3.8, 4) is 17.2 Å². The van der Waals surface area contributed by atoms with Crippen LogP contribution in [0.1, 0.15) is 31.9 Å². The predicted molar refractivity (Wildman–Crippen MR) is 113 cm³/mol. The van der Waals surface area contributed by atoms with Crippen LogP contribution in [0.4, 0.5) is 5.69 Å². The molecule has 2 aromatic carbocycles. The van der Waals surface area contributed by atoms with Gasteiger partial charge < -0.3 is 14.6 Å². The smallest absolute Gasteiger partial charge is 0.284 e. The first-order valence-corrected chi connectivity index (χ1v) is 9.79. The largest absolute Gasteiger partial charge is 0.506 e. The van der Waals surface area contributed by atoms with E-state index in [9.17, 15) is 20.0 Å². The van der Waals surface area contributed by atoms with Gasteiger partial charge in [-0.15, -0.1) is 0 Å². The number of amides is 1. The van der Waals surface area contributed by atoms with E-state index in [1.807, 2.05) is 18.2 Å². The van der Waals surface area contributed by atoms with Crippen LogP contribution in [0.5, 0.6) is 17.2 Å². The molecule has 0 aliphatic carbocycles. The number of aromatic hydroxyl groups is 1. The van der Waals surface area contributed by atoms with E-state index in [1.165, 1.54) is 6.07 Å². The average Bonchev–Trinajstić information content (AvgIpc) is 2.69. The van der Waals surface area contributed by atoms with Gasteiger partial charge in [-0.25, -0.2) is 5.43 Å². The third-order valence-corrected chi connectivity index (χ3v) is 5.03. The minimum atomic E-state index is -0.921. The highest BCUT2D eigenvalue weighted by atomic mass is 79.9. The number of hydrazone groups is 1. The van der Waals surface area contributed by atoms with E-state index in [0.29, 0.717) is 11.5 Å². The summed E-state index contributed by atoms with van der Waals surface area (Å²) in [4.78, 5) is 22.7. The van der Waals surface area contributed by atoms with Gasteiger partial charge in [0.2, 0.25) is 6.10 Å². The Morgan fingerprint density at radius 2 is 2.07 bits per heavy atom. The molecule has 0 unspecified atom stereocenters. The van der Waals surface area contributed by atoms with Crippen molar-refractivity contribution < 1.29 is 24.3 Å². The molecule has 0 saturated heterocycles. The van der Waals surface area contributed by atoms with Gasteiger partial charge in [0.1, 0.15) is 12.4 Å². The molecule has 0 bridgehead atoms. The Morgan fingerprint density at radius 1 is 1.33 bits per heavy atom. The summed E-state index contributed by atoms with van der Waals surface area (Å²) in [5, 5.41) is 24.7. The zero-order valence-corrected chi connectivity index (χ0v) is 18.1. The van der Waals surface area contributed by atoms with Gasteiger partial charge in [-0.05, 0) is 39.0 Å². The number of nitro groups is 1. The number of nitrogens with one attached hydrogen (secondary N) is 1. The fraction of sp³-hybridized carbons (Fsp3) is 0.300. The molecule has 0 fully saturated rings. The highest BCUT2D eigenvalue weighted by Crippen LogP contribution is 2.36. The summed E-state index contributed by atoms with van der Waals surface area (Å²) in [5.74, 6) is 0.238. The molecular formula is C20H20BrN3O6. The van der Waals surface area contributed by atoms with Crippen molar-refractivity contribution in [1.29, 1.82) is 0 Å². The van der Waals surface area contributed by atoms with Crippen LogP contribution in [-0.4, -0.2) is 34.9 Å². The number of non-ortho nitro benzene ring substituents is 1. The number of phenols is 1. The number of fused-ring (bicyclic) bond motifs is 1. The van der Waals surface area contributed by atoms with Gasteiger partial charge in [0.15, 0.2) is 11.5 Å². The monoisotopic (exact) mass is 477 g/mol. The molecule has 1 amide bonds. The van der Waals surface area contributed by atoms with Crippen molar-refractivity contribution in [2.75, 3.05) is 6.61 Å². The van der Waals surface area contributed by atoms with Crippen LogP contribution in [0.2, 0.25) is 0 Å². The molecular weight excluding hydrogens is 458 g/mol. The van der Waals surface area contributed by atoms with Crippen LogP contribution in [0.3, 0.4) is 0 Å². The van der Waals surface area contributed by atoms with Crippen molar-refractivity contribution in [3.05, 3.63) is 56.0 Å². The molecule has 30 heavy (non-hydrogen) atoms. The van der Waals surface area contributed by atoms with Crippen LogP contribution in [0.15, 0.2) is 39.9 Å². The van der Waals surface area contributed by atoms with E-state index in [4.69, 9.17) is 9.47 Å². The second kappa shape index (κ2) is 8.31. The van der Waals surface area contributed by atoms with Crippen molar-refractivity contribution in [2.24, 2.45) is 5.10 Å². The number of hydrogen-bond acceptors (Lipinski definition) is 7. The summed E-state index contributed by atoms with van der Waals surface area (Å²) in [5.41, 5.74) is 3.08. The fourth-order valence-corrected chi connectivity index (χ4v) is 3.18. The first-order chi connectivity index (χ1) is 14.1. The molecule has 1 heterocycles. The number of phenolic OH excluding ortho intramolecular Hbond substituents is 1. The number of rotatable bonds is 4. The molecule has 9 nitrogen and oxygen atoms in total. The molecule has 0 radical (unpaired) electrons. The van der Waals surface area contributed by atoms with Crippen LogP contribution >= 0.6 is 15.9 Å². The summed E-state index contributed by atoms with van der Waals surface area (Å²) >= 11 is 3.04. The number of carbonyl (C=O) groups is 1. The molecule has 0 aromatic heterocycles. The van der Waals surface area contributed by atoms with Gasteiger partial charge in [0.05, 0.1) is 15.6 Å². The molecule has 1 atom stereocenters. The summed E-state index contributed by atoms with van der Waals surface area (Å²) in [6.45, 7) is 6.22. The molecule has 3 rings (SSSR count). The molecule has 1 aliphatic rings. The lowest BCUT2D eigenvalue weighted by atomic mass is 9.87. The lowest BCUT2D eigenvalue weighted by Gasteiger charge is -2.27. The maximum atomic E-state index is 12.4. The molecule has 1 aliphatic heterocycles. The fourth-order valence-electron chi connectivity index (χ4n) is 2.71. The lowest BCUT2D eigenvalue weighted by molar-refractivity contribution is -0.385. The standard InChI is InChI=1S/C20H20BrN3O6/c1-20(2,3)12-4-5-15-16(7-12)30-17(10-29-15)19(26)23-22-9-11-6-13(24(27)28)8-14(21)18(11)25/h4-9,17,25H,10H2,1-3H3,(H,23,26)/b22-9+/t17-/m0/s1. The normalized spacial score (nSPS) is 15.8. The van der Waals surface area contributed by atoms with Crippen LogP contribution < -0.4 is 14.9 Å². The van der Waals surface area contributed by atoms with Crippen molar-refractivity contribution in [2.45, 2.75) is 32.3 Å². The average molecular weight is 478 g/mol. The molecule has 2 N–H and O–H groups in total. The second-order valence-electron chi connectivity index (χ2n) is 7.69. The minimum Gasteiger partial charge on any atom is -0.506 e. The summed E-state index contributed by atoms with van der Waals surface area (Å²) in [6, 6.07) is 7.92. The molecule has 0 spiro atoms. The van der Waals surface area contributed by atoms with E-state index in [1.54, 1.807) is 0 Å². The predicted octanol–water partition coefficient (Wildman–Crippen LogP) is 3.65. The van der Waals surface area contributed by atoms with E-state index in [2.05, 4.69) is 47.2 Å². The third kappa shape index (κ3) is 4.70. The zero-order chi connectivity index (χ0) is 22.1. The van der Waals surface area contributed by atoms with Crippen LogP contribution in [-0.2, 0) is 10.2 Å². The lowest BCUT2D eigenvalue weighted by Crippen LogP contribution is -2.42. The maximum Gasteiger partial charge on any atom is 0.284 e. The molecule has 10 heteroatoms. The Hall–Kier alpha value is -3.14. The topological polar surface area (TPSA) is 123 Å². The Labute approximate surface area is 181 Å². The van der Waals surface area contributed by atoms with Gasteiger partial charge in [-0.2, -0.15) is 5.10 Å². The van der Waals surface area contributed by atoms with E-state index in [-0.39, 0.29) is 33.5 Å². The highest BCUT2D eigenvalue weighted by molar-refractivity contribution is 9.10. The number of hydrogen-bond donors (Lipinski definition) is 2. The number of nitro benzene ring substituents is 1.